The van der Waals surface area contributed by atoms with Crippen molar-refractivity contribution in [3.63, 3.8) is 0 Å². The van der Waals surface area contributed by atoms with Crippen molar-refractivity contribution in [1.29, 1.82) is 0 Å². The molecule has 0 amide bonds. The van der Waals surface area contributed by atoms with E-state index in [1.165, 1.54) is 39.0 Å². The van der Waals surface area contributed by atoms with Gasteiger partial charge in [0.25, 0.3) is 0 Å². The third-order valence-electron chi connectivity index (χ3n) is 5.29. The molecular formula is C13H20N2O. The Morgan fingerprint density at radius 1 is 0.875 bits per heavy atom. The van der Waals surface area contributed by atoms with Crippen molar-refractivity contribution in [2.45, 2.75) is 37.8 Å². The maximum atomic E-state index is 12.5. The van der Waals surface area contributed by atoms with Gasteiger partial charge in [-0.2, -0.15) is 0 Å². The summed E-state index contributed by atoms with van der Waals surface area (Å²) in [6, 6.07) is 0.589. The lowest BCUT2D eigenvalue weighted by Gasteiger charge is -2.30. The Morgan fingerprint density at radius 3 is 1.69 bits per heavy atom. The molecule has 4 saturated heterocycles. The Labute approximate surface area is 96.8 Å². The van der Waals surface area contributed by atoms with Gasteiger partial charge in [0.05, 0.1) is 12.1 Å². The number of Topliss-reactive ketones (excluding diaryl/α,β-unsaturated/α-hetero) is 1. The van der Waals surface area contributed by atoms with Gasteiger partial charge in [0, 0.05) is 13.1 Å². The van der Waals surface area contributed by atoms with E-state index in [9.17, 15) is 4.79 Å². The Balaban J connectivity index is 1.50. The number of carbonyl (C=O) groups is 1. The van der Waals surface area contributed by atoms with Gasteiger partial charge in [-0.3, -0.25) is 14.6 Å². The minimum absolute atomic E-state index is 0.295. The van der Waals surface area contributed by atoms with Crippen LogP contribution in [0, 0.1) is 11.8 Å². The summed E-state index contributed by atoms with van der Waals surface area (Å²) < 4.78 is 0. The molecule has 16 heavy (non-hydrogen) atoms. The standard InChI is InChI=1S/C13H20N2O/c16-13(11-5-9-1-3-14(11)7-9)12-6-10-2-4-15(12)8-10/h9-12H,1-8H2. The lowest BCUT2D eigenvalue weighted by molar-refractivity contribution is -0.128. The summed E-state index contributed by atoms with van der Waals surface area (Å²) in [4.78, 5) is 17.4. The maximum absolute atomic E-state index is 12.5. The van der Waals surface area contributed by atoms with Crippen LogP contribution in [0.1, 0.15) is 25.7 Å². The summed E-state index contributed by atoms with van der Waals surface area (Å²) in [5.41, 5.74) is 0. The summed E-state index contributed by atoms with van der Waals surface area (Å²) >= 11 is 0. The number of piperidine rings is 2. The van der Waals surface area contributed by atoms with Crippen molar-refractivity contribution in [3.8, 4) is 0 Å². The number of hydrogen-bond donors (Lipinski definition) is 0. The van der Waals surface area contributed by atoms with E-state index in [1.807, 2.05) is 0 Å². The van der Waals surface area contributed by atoms with Gasteiger partial charge in [-0.05, 0) is 50.6 Å². The lowest BCUT2D eigenvalue weighted by Crippen LogP contribution is -2.47. The van der Waals surface area contributed by atoms with Crippen LogP contribution in [0.4, 0.5) is 0 Å². The van der Waals surface area contributed by atoms with Crippen molar-refractivity contribution in [2.24, 2.45) is 11.8 Å². The van der Waals surface area contributed by atoms with Crippen LogP contribution in [0.2, 0.25) is 0 Å². The van der Waals surface area contributed by atoms with Gasteiger partial charge < -0.3 is 0 Å². The molecule has 6 atom stereocenters. The predicted octanol–water partition coefficient (Wildman–Crippen LogP) is 0.744. The Hall–Kier alpha value is -0.410. The van der Waals surface area contributed by atoms with Crippen LogP contribution in [0.25, 0.3) is 0 Å². The van der Waals surface area contributed by atoms with Gasteiger partial charge >= 0.3 is 0 Å². The minimum atomic E-state index is 0.295. The normalized spacial score (nSPS) is 53.8. The van der Waals surface area contributed by atoms with E-state index in [-0.39, 0.29) is 0 Å². The molecule has 0 aromatic carbocycles. The summed E-state index contributed by atoms with van der Waals surface area (Å²) in [6.45, 7) is 4.76. The molecule has 4 rings (SSSR count). The van der Waals surface area contributed by atoms with Gasteiger partial charge in [0.15, 0.2) is 5.78 Å². The highest BCUT2D eigenvalue weighted by atomic mass is 16.1. The molecule has 0 spiro atoms. The quantitative estimate of drug-likeness (QED) is 0.686. The highest BCUT2D eigenvalue weighted by Crippen LogP contribution is 2.38. The zero-order chi connectivity index (χ0) is 10.7. The summed E-state index contributed by atoms with van der Waals surface area (Å²) in [6.07, 6.45) is 4.99. The molecule has 0 aliphatic carbocycles. The molecule has 88 valence electrons. The second kappa shape index (κ2) is 3.30. The number of ketones is 1. The maximum Gasteiger partial charge on any atom is 0.167 e. The van der Waals surface area contributed by atoms with Crippen molar-refractivity contribution in [1.82, 2.24) is 9.80 Å². The number of rotatable bonds is 2. The first kappa shape index (κ1) is 9.60. The van der Waals surface area contributed by atoms with Crippen LogP contribution in [0.5, 0.6) is 0 Å². The fourth-order valence-corrected chi connectivity index (χ4v) is 4.42. The van der Waals surface area contributed by atoms with Crippen molar-refractivity contribution < 1.29 is 4.79 Å². The topological polar surface area (TPSA) is 23.6 Å². The summed E-state index contributed by atoms with van der Waals surface area (Å²) in [7, 11) is 0. The molecule has 4 heterocycles. The minimum Gasteiger partial charge on any atom is -0.296 e. The van der Waals surface area contributed by atoms with Gasteiger partial charge in [-0.15, -0.1) is 0 Å². The van der Waals surface area contributed by atoms with Crippen LogP contribution >= 0.6 is 0 Å². The predicted molar refractivity (Wildman–Crippen MR) is 61.2 cm³/mol. The van der Waals surface area contributed by atoms with E-state index in [2.05, 4.69) is 9.80 Å². The van der Waals surface area contributed by atoms with Crippen LogP contribution < -0.4 is 0 Å². The smallest absolute Gasteiger partial charge is 0.167 e. The fraction of sp³-hybridized carbons (Fsp3) is 0.923. The second-order valence-electron chi connectivity index (χ2n) is 6.20. The van der Waals surface area contributed by atoms with Crippen molar-refractivity contribution in [3.05, 3.63) is 0 Å². The van der Waals surface area contributed by atoms with Gasteiger partial charge in [0.1, 0.15) is 0 Å². The van der Waals surface area contributed by atoms with E-state index in [4.69, 9.17) is 0 Å². The van der Waals surface area contributed by atoms with Crippen LogP contribution in [0.3, 0.4) is 0 Å². The summed E-state index contributed by atoms with van der Waals surface area (Å²) in [5, 5.41) is 0. The Morgan fingerprint density at radius 2 is 1.38 bits per heavy atom. The van der Waals surface area contributed by atoms with E-state index < -0.39 is 0 Å². The van der Waals surface area contributed by atoms with Gasteiger partial charge in [-0.25, -0.2) is 0 Å². The second-order valence-corrected chi connectivity index (χ2v) is 6.20. The zero-order valence-electron chi connectivity index (χ0n) is 9.77. The summed E-state index contributed by atoms with van der Waals surface area (Å²) in [5.74, 6) is 2.23. The molecule has 0 aromatic rings. The number of carbonyl (C=O) groups excluding carboxylic acids is 1. The van der Waals surface area contributed by atoms with E-state index in [0.717, 1.165) is 24.7 Å². The molecule has 0 N–H and O–H groups in total. The average Bonchev–Trinajstić information content (AvgIpc) is 3.06. The molecule has 3 heteroatoms. The molecule has 4 fully saturated rings. The fourth-order valence-electron chi connectivity index (χ4n) is 4.42. The van der Waals surface area contributed by atoms with Crippen LogP contribution in [0.15, 0.2) is 0 Å². The monoisotopic (exact) mass is 220 g/mol. The number of fused-ring (bicyclic) bond motifs is 4. The average molecular weight is 220 g/mol. The first-order chi connectivity index (χ1) is 7.81. The first-order valence-electron chi connectivity index (χ1n) is 6.83. The largest absolute Gasteiger partial charge is 0.296 e. The Bertz CT molecular complexity index is 300. The Kier molecular flexibility index (Phi) is 1.98. The van der Waals surface area contributed by atoms with Crippen LogP contribution in [-0.2, 0) is 4.79 Å². The number of nitrogens with zero attached hydrogens (tertiary/aromatic N) is 2. The highest BCUT2D eigenvalue weighted by molar-refractivity contribution is 5.90. The third-order valence-corrected chi connectivity index (χ3v) is 5.29. The van der Waals surface area contributed by atoms with Gasteiger partial charge in [-0.1, -0.05) is 0 Å². The molecule has 6 unspecified atom stereocenters. The molecule has 4 aliphatic rings. The van der Waals surface area contributed by atoms with Crippen molar-refractivity contribution >= 4 is 5.78 Å². The van der Waals surface area contributed by atoms with Gasteiger partial charge in [0.2, 0.25) is 0 Å². The zero-order valence-corrected chi connectivity index (χ0v) is 9.77. The first-order valence-corrected chi connectivity index (χ1v) is 6.83. The van der Waals surface area contributed by atoms with Crippen molar-refractivity contribution in [2.75, 3.05) is 26.2 Å². The van der Waals surface area contributed by atoms with E-state index in [1.54, 1.807) is 0 Å². The van der Waals surface area contributed by atoms with Crippen LogP contribution in [-0.4, -0.2) is 53.8 Å². The molecule has 4 bridgehead atoms. The molecule has 3 nitrogen and oxygen atoms in total. The molecule has 0 saturated carbocycles. The highest BCUT2D eigenvalue weighted by Gasteiger charge is 2.48. The number of hydrogen-bond acceptors (Lipinski definition) is 3. The lowest BCUT2D eigenvalue weighted by atomic mass is 9.90. The SMILES string of the molecule is O=C(C1CC2CCN1C2)C1CC2CCN1C2. The third kappa shape index (κ3) is 1.25. The van der Waals surface area contributed by atoms with E-state index in [0.29, 0.717) is 17.9 Å². The molecule has 0 aromatic heterocycles. The molecule has 0 radical (unpaired) electrons. The molecule has 4 aliphatic heterocycles. The van der Waals surface area contributed by atoms with E-state index >= 15 is 0 Å². The molecular weight excluding hydrogens is 200 g/mol.